The molecular weight excluding hydrogens is 285 g/mol. The molecule has 0 spiro atoms. The van der Waals surface area contributed by atoms with Crippen LogP contribution in [-0.4, -0.2) is 20.2 Å². The maximum Gasteiger partial charge on any atom is 0.262 e. The van der Waals surface area contributed by atoms with Crippen LogP contribution in [0.2, 0.25) is 5.02 Å². The molecule has 2 aromatic heterocycles. The van der Waals surface area contributed by atoms with Gasteiger partial charge in [-0.2, -0.15) is 4.98 Å². The van der Waals surface area contributed by atoms with Crippen molar-refractivity contribution in [3.63, 3.8) is 0 Å². The van der Waals surface area contributed by atoms with E-state index in [1.54, 1.807) is 12.1 Å². The molecule has 1 N–H and O–H groups in total. The highest BCUT2D eigenvalue weighted by Gasteiger charge is 2.15. The third-order valence-electron chi connectivity index (χ3n) is 2.57. The van der Waals surface area contributed by atoms with Crippen molar-refractivity contribution in [3.8, 4) is 28.7 Å². The first kappa shape index (κ1) is 12.6. The first-order chi connectivity index (χ1) is 9.63. The Morgan fingerprint density at radius 1 is 1.20 bits per heavy atom. The third kappa shape index (κ3) is 2.33. The zero-order valence-electron chi connectivity index (χ0n) is 9.92. The molecule has 0 fully saturated rings. The van der Waals surface area contributed by atoms with Crippen molar-refractivity contribution in [2.45, 2.75) is 0 Å². The van der Waals surface area contributed by atoms with Crippen LogP contribution in [-0.2, 0) is 0 Å². The van der Waals surface area contributed by atoms with Gasteiger partial charge in [0.15, 0.2) is 0 Å². The van der Waals surface area contributed by atoms with E-state index in [0.29, 0.717) is 10.7 Å². The average Bonchev–Trinajstić information content (AvgIpc) is 2.92. The van der Waals surface area contributed by atoms with Crippen LogP contribution in [0.1, 0.15) is 0 Å². The van der Waals surface area contributed by atoms with Gasteiger partial charge in [-0.15, -0.1) is 0 Å². The fourth-order valence-corrected chi connectivity index (χ4v) is 1.74. The number of hydrogen-bond acceptors (Lipinski definition) is 5. The van der Waals surface area contributed by atoms with E-state index in [1.807, 2.05) is 0 Å². The molecule has 20 heavy (non-hydrogen) atoms. The molecule has 0 aliphatic rings. The fraction of sp³-hybridized carbons (Fsp3) is 0. The van der Waals surface area contributed by atoms with Crippen molar-refractivity contribution in [1.29, 1.82) is 0 Å². The maximum absolute atomic E-state index is 13.2. The van der Waals surface area contributed by atoms with Gasteiger partial charge in [-0.25, -0.2) is 4.39 Å². The number of hydrogen-bond donors (Lipinski definition) is 1. The number of aromatic hydroxyl groups is 1. The van der Waals surface area contributed by atoms with Gasteiger partial charge in [0.2, 0.25) is 5.82 Å². The SMILES string of the molecule is Oc1ccc(F)cc1-c1nc(-c2ccc(Cl)cn2)no1. The molecule has 0 aliphatic heterocycles. The van der Waals surface area contributed by atoms with Gasteiger partial charge in [-0.1, -0.05) is 16.8 Å². The molecule has 2 heterocycles. The second-order valence-electron chi connectivity index (χ2n) is 3.95. The predicted octanol–water partition coefficient (Wildman–Crippen LogP) is 3.30. The summed E-state index contributed by atoms with van der Waals surface area (Å²) in [5.74, 6) is -0.429. The fourth-order valence-electron chi connectivity index (χ4n) is 1.62. The Balaban J connectivity index is 2.01. The van der Waals surface area contributed by atoms with E-state index in [4.69, 9.17) is 16.1 Å². The molecule has 5 nitrogen and oxygen atoms in total. The first-order valence-corrected chi connectivity index (χ1v) is 5.96. The van der Waals surface area contributed by atoms with Crippen LogP contribution in [0, 0.1) is 5.82 Å². The molecule has 7 heteroatoms. The molecule has 1 aromatic carbocycles. The Bertz CT molecular complexity index is 759. The molecule has 3 aromatic rings. The number of benzene rings is 1. The Kier molecular flexibility index (Phi) is 3.08. The standard InChI is InChI=1S/C13H7ClFN3O2/c14-7-1-3-10(16-6-7)12-17-13(20-18-12)9-5-8(15)2-4-11(9)19/h1-6,19H. The first-order valence-electron chi connectivity index (χ1n) is 5.58. The summed E-state index contributed by atoms with van der Waals surface area (Å²) in [6.45, 7) is 0. The zero-order chi connectivity index (χ0) is 14.1. The summed E-state index contributed by atoms with van der Waals surface area (Å²) >= 11 is 5.74. The number of phenolic OH excluding ortho intramolecular Hbond substituents is 1. The van der Waals surface area contributed by atoms with E-state index < -0.39 is 5.82 Å². The molecule has 0 bridgehead atoms. The van der Waals surface area contributed by atoms with Crippen LogP contribution in [0.15, 0.2) is 41.1 Å². The highest BCUT2D eigenvalue weighted by Crippen LogP contribution is 2.29. The van der Waals surface area contributed by atoms with E-state index >= 15 is 0 Å². The van der Waals surface area contributed by atoms with Crippen molar-refractivity contribution in [2.75, 3.05) is 0 Å². The molecular formula is C13H7ClFN3O2. The van der Waals surface area contributed by atoms with Crippen molar-refractivity contribution in [1.82, 2.24) is 15.1 Å². The summed E-state index contributed by atoms with van der Waals surface area (Å²) in [6.07, 6.45) is 1.45. The van der Waals surface area contributed by atoms with E-state index in [9.17, 15) is 9.50 Å². The van der Waals surface area contributed by atoms with Gasteiger partial charge in [-0.3, -0.25) is 4.98 Å². The highest BCUT2D eigenvalue weighted by atomic mass is 35.5. The molecule has 0 unspecified atom stereocenters. The lowest BCUT2D eigenvalue weighted by molar-refractivity contribution is 0.425. The second kappa shape index (κ2) is 4.90. The number of halogens is 2. The Hall–Kier alpha value is -2.47. The monoisotopic (exact) mass is 291 g/mol. The minimum atomic E-state index is -0.512. The molecule has 0 saturated carbocycles. The summed E-state index contributed by atoms with van der Waals surface area (Å²) < 4.78 is 18.2. The van der Waals surface area contributed by atoms with Crippen LogP contribution in [0.5, 0.6) is 5.75 Å². The molecule has 3 rings (SSSR count). The molecule has 100 valence electrons. The van der Waals surface area contributed by atoms with Crippen LogP contribution in [0.25, 0.3) is 23.0 Å². The number of pyridine rings is 1. The molecule has 0 atom stereocenters. The Morgan fingerprint density at radius 2 is 2.05 bits per heavy atom. The van der Waals surface area contributed by atoms with E-state index in [0.717, 1.165) is 12.1 Å². The van der Waals surface area contributed by atoms with Crippen molar-refractivity contribution in [3.05, 3.63) is 47.4 Å². The zero-order valence-corrected chi connectivity index (χ0v) is 10.7. The predicted molar refractivity (Wildman–Crippen MR) is 69.6 cm³/mol. The average molecular weight is 292 g/mol. The van der Waals surface area contributed by atoms with Gasteiger partial charge >= 0.3 is 0 Å². The third-order valence-corrected chi connectivity index (χ3v) is 2.80. The van der Waals surface area contributed by atoms with Crippen LogP contribution >= 0.6 is 11.6 Å². The van der Waals surface area contributed by atoms with Crippen LogP contribution in [0.4, 0.5) is 4.39 Å². The van der Waals surface area contributed by atoms with Crippen molar-refractivity contribution >= 4 is 11.6 Å². The summed E-state index contributed by atoms with van der Waals surface area (Å²) in [4.78, 5) is 8.11. The number of aromatic nitrogens is 3. The van der Waals surface area contributed by atoms with Crippen molar-refractivity contribution in [2.24, 2.45) is 0 Å². The molecule has 0 aliphatic carbocycles. The lowest BCUT2D eigenvalue weighted by atomic mass is 10.2. The summed E-state index contributed by atoms with van der Waals surface area (Å²) in [7, 11) is 0. The van der Waals surface area contributed by atoms with E-state index in [-0.39, 0.29) is 23.0 Å². The van der Waals surface area contributed by atoms with Gasteiger partial charge in [0.05, 0.1) is 10.6 Å². The lowest BCUT2D eigenvalue weighted by Crippen LogP contribution is -1.85. The maximum atomic E-state index is 13.2. The molecule has 0 amide bonds. The van der Waals surface area contributed by atoms with Crippen molar-refractivity contribution < 1.29 is 14.0 Å². The Labute approximate surface area is 117 Å². The van der Waals surface area contributed by atoms with Gasteiger partial charge < -0.3 is 9.63 Å². The van der Waals surface area contributed by atoms with Gasteiger partial charge in [-0.05, 0) is 30.3 Å². The van der Waals surface area contributed by atoms with Gasteiger partial charge in [0.25, 0.3) is 5.89 Å². The van der Waals surface area contributed by atoms with E-state index in [2.05, 4.69) is 15.1 Å². The van der Waals surface area contributed by atoms with E-state index in [1.165, 1.54) is 12.3 Å². The number of rotatable bonds is 2. The smallest absolute Gasteiger partial charge is 0.262 e. The molecule has 0 saturated heterocycles. The van der Waals surface area contributed by atoms with Crippen LogP contribution < -0.4 is 0 Å². The summed E-state index contributed by atoms with van der Waals surface area (Å²) in [5, 5.41) is 13.9. The summed E-state index contributed by atoms with van der Waals surface area (Å²) in [5.41, 5.74) is 0.581. The minimum absolute atomic E-state index is 0.00810. The molecule has 0 radical (unpaired) electrons. The van der Waals surface area contributed by atoms with Gasteiger partial charge in [0.1, 0.15) is 17.3 Å². The van der Waals surface area contributed by atoms with Crippen LogP contribution in [0.3, 0.4) is 0 Å². The largest absolute Gasteiger partial charge is 0.507 e. The highest BCUT2D eigenvalue weighted by molar-refractivity contribution is 6.30. The number of nitrogens with zero attached hydrogens (tertiary/aromatic N) is 3. The Morgan fingerprint density at radius 3 is 2.80 bits per heavy atom. The van der Waals surface area contributed by atoms with Gasteiger partial charge in [0, 0.05) is 6.20 Å². The lowest BCUT2D eigenvalue weighted by Gasteiger charge is -1.98. The number of phenols is 1. The normalized spacial score (nSPS) is 10.7. The summed E-state index contributed by atoms with van der Waals surface area (Å²) in [6, 6.07) is 6.73. The minimum Gasteiger partial charge on any atom is -0.507 e. The quantitative estimate of drug-likeness (QED) is 0.784. The second-order valence-corrected chi connectivity index (χ2v) is 4.38. The topological polar surface area (TPSA) is 72.0 Å².